The highest BCUT2D eigenvalue weighted by Crippen LogP contribution is 2.29. The quantitative estimate of drug-likeness (QED) is 0.796. The molecule has 0 saturated carbocycles. The van der Waals surface area contributed by atoms with Gasteiger partial charge < -0.3 is 4.57 Å². The van der Waals surface area contributed by atoms with E-state index in [1.807, 2.05) is 0 Å². The van der Waals surface area contributed by atoms with Gasteiger partial charge in [-0.1, -0.05) is 18.6 Å². The molecule has 2 heteroatoms. The smallest absolute Gasteiger partial charge is 0.0488 e. The maximum Gasteiger partial charge on any atom is 0.0488 e. The summed E-state index contributed by atoms with van der Waals surface area (Å²) in [6.07, 6.45) is 6.52. The molecule has 1 saturated heterocycles. The van der Waals surface area contributed by atoms with Crippen molar-refractivity contribution in [3.05, 3.63) is 35.5 Å². The molecule has 2 heterocycles. The second kappa shape index (κ2) is 5.61. The average molecular weight is 270 g/mol. The van der Waals surface area contributed by atoms with E-state index in [4.69, 9.17) is 0 Å². The number of piperidine rings is 1. The second-order valence-electron chi connectivity index (χ2n) is 6.46. The number of nitrogens with zero attached hydrogens (tertiary/aromatic N) is 2. The zero-order valence-corrected chi connectivity index (χ0v) is 13.0. The second-order valence-corrected chi connectivity index (χ2v) is 6.46. The van der Waals surface area contributed by atoms with Crippen LogP contribution in [0.5, 0.6) is 0 Å². The molecule has 3 rings (SSSR count). The number of fused-ring (bicyclic) bond motifs is 1. The van der Waals surface area contributed by atoms with Crippen molar-refractivity contribution < 1.29 is 0 Å². The Morgan fingerprint density at radius 3 is 2.55 bits per heavy atom. The number of likely N-dealkylation sites (tertiary alicyclic amines) is 1. The number of hydrogen-bond acceptors (Lipinski definition) is 1. The monoisotopic (exact) mass is 270 g/mol. The third kappa shape index (κ3) is 2.49. The van der Waals surface area contributed by atoms with E-state index in [1.165, 1.54) is 54.4 Å². The van der Waals surface area contributed by atoms with Crippen LogP contribution in [-0.2, 0) is 6.54 Å². The van der Waals surface area contributed by atoms with Gasteiger partial charge >= 0.3 is 0 Å². The molecule has 1 aliphatic rings. The minimum atomic E-state index is 0.523. The summed E-state index contributed by atoms with van der Waals surface area (Å²) in [6, 6.07) is 7.21. The lowest BCUT2D eigenvalue weighted by molar-refractivity contribution is 0.221. The minimum Gasteiger partial charge on any atom is -0.345 e. The number of aryl methyl sites for hydroxylation is 1. The van der Waals surface area contributed by atoms with Crippen molar-refractivity contribution in [2.45, 2.75) is 52.6 Å². The van der Waals surface area contributed by atoms with Gasteiger partial charge in [0.15, 0.2) is 0 Å². The SMILES string of the molecule is Cc1cccc2c1c(CN1CCCCC1)cn2C(C)C. The molecule has 0 N–H and O–H groups in total. The highest BCUT2D eigenvalue weighted by atomic mass is 15.1. The molecule has 0 spiro atoms. The first-order chi connectivity index (χ1) is 9.66. The van der Waals surface area contributed by atoms with E-state index in [-0.39, 0.29) is 0 Å². The topological polar surface area (TPSA) is 8.17 Å². The molecule has 0 amide bonds. The Kier molecular flexibility index (Phi) is 3.84. The molecule has 0 radical (unpaired) electrons. The van der Waals surface area contributed by atoms with Gasteiger partial charge in [0.25, 0.3) is 0 Å². The predicted octanol–water partition coefficient (Wildman–Crippen LogP) is 4.52. The Morgan fingerprint density at radius 2 is 1.85 bits per heavy atom. The van der Waals surface area contributed by atoms with Gasteiger partial charge in [0.05, 0.1) is 0 Å². The van der Waals surface area contributed by atoms with Crippen molar-refractivity contribution in [1.82, 2.24) is 9.47 Å². The van der Waals surface area contributed by atoms with Crippen LogP contribution in [0.15, 0.2) is 24.4 Å². The lowest BCUT2D eigenvalue weighted by Crippen LogP contribution is -2.29. The van der Waals surface area contributed by atoms with Gasteiger partial charge in [0.1, 0.15) is 0 Å². The Bertz CT molecular complexity index is 589. The molecule has 1 aliphatic heterocycles. The maximum atomic E-state index is 2.62. The largest absolute Gasteiger partial charge is 0.345 e. The molecular weight excluding hydrogens is 244 g/mol. The van der Waals surface area contributed by atoms with Crippen LogP contribution >= 0.6 is 0 Å². The van der Waals surface area contributed by atoms with Crippen molar-refractivity contribution >= 4 is 10.9 Å². The Morgan fingerprint density at radius 1 is 1.10 bits per heavy atom. The normalized spacial score (nSPS) is 17.2. The van der Waals surface area contributed by atoms with Gasteiger partial charge in [-0.3, -0.25) is 4.90 Å². The molecule has 108 valence electrons. The number of benzene rings is 1. The van der Waals surface area contributed by atoms with E-state index >= 15 is 0 Å². The van der Waals surface area contributed by atoms with Gasteiger partial charge in [-0.25, -0.2) is 0 Å². The summed E-state index contributed by atoms with van der Waals surface area (Å²) in [4.78, 5) is 2.62. The summed E-state index contributed by atoms with van der Waals surface area (Å²) >= 11 is 0. The lowest BCUT2D eigenvalue weighted by Gasteiger charge is -2.26. The van der Waals surface area contributed by atoms with E-state index < -0.39 is 0 Å². The van der Waals surface area contributed by atoms with Crippen molar-refractivity contribution in [2.75, 3.05) is 13.1 Å². The van der Waals surface area contributed by atoms with Crippen LogP contribution in [-0.4, -0.2) is 22.6 Å². The lowest BCUT2D eigenvalue weighted by atomic mass is 10.1. The average Bonchev–Trinajstić information content (AvgIpc) is 2.80. The van der Waals surface area contributed by atoms with Crippen LogP contribution in [0.1, 0.15) is 50.3 Å². The first-order valence-electron chi connectivity index (χ1n) is 7.98. The van der Waals surface area contributed by atoms with Gasteiger partial charge in [-0.15, -0.1) is 0 Å². The zero-order valence-electron chi connectivity index (χ0n) is 13.0. The molecular formula is C18H26N2. The first kappa shape index (κ1) is 13.7. The van der Waals surface area contributed by atoms with Crippen LogP contribution in [0.4, 0.5) is 0 Å². The highest BCUT2D eigenvalue weighted by molar-refractivity contribution is 5.87. The number of rotatable bonds is 3. The van der Waals surface area contributed by atoms with Crippen molar-refractivity contribution in [3.8, 4) is 0 Å². The van der Waals surface area contributed by atoms with Crippen LogP contribution < -0.4 is 0 Å². The van der Waals surface area contributed by atoms with Gasteiger partial charge in [0.2, 0.25) is 0 Å². The highest BCUT2D eigenvalue weighted by Gasteiger charge is 2.16. The summed E-state index contributed by atoms with van der Waals surface area (Å²) in [5, 5.41) is 1.48. The summed E-state index contributed by atoms with van der Waals surface area (Å²) in [5.74, 6) is 0. The summed E-state index contributed by atoms with van der Waals surface area (Å²) < 4.78 is 2.43. The van der Waals surface area contributed by atoms with Crippen molar-refractivity contribution in [1.29, 1.82) is 0 Å². The third-order valence-corrected chi connectivity index (χ3v) is 4.54. The first-order valence-corrected chi connectivity index (χ1v) is 7.98. The molecule has 0 atom stereocenters. The minimum absolute atomic E-state index is 0.523. The Hall–Kier alpha value is -1.28. The fourth-order valence-electron chi connectivity index (χ4n) is 3.49. The van der Waals surface area contributed by atoms with E-state index in [0.29, 0.717) is 6.04 Å². The van der Waals surface area contributed by atoms with Crippen molar-refractivity contribution in [3.63, 3.8) is 0 Å². The fraction of sp³-hybridized carbons (Fsp3) is 0.556. The van der Waals surface area contributed by atoms with Gasteiger partial charge in [0, 0.05) is 29.7 Å². The zero-order chi connectivity index (χ0) is 14.1. The molecule has 0 bridgehead atoms. The van der Waals surface area contributed by atoms with E-state index in [1.54, 1.807) is 0 Å². The number of aromatic nitrogens is 1. The number of hydrogen-bond donors (Lipinski definition) is 0. The van der Waals surface area contributed by atoms with E-state index in [9.17, 15) is 0 Å². The van der Waals surface area contributed by atoms with Crippen LogP contribution in [0.25, 0.3) is 10.9 Å². The molecule has 20 heavy (non-hydrogen) atoms. The predicted molar refractivity (Wildman–Crippen MR) is 86.2 cm³/mol. The summed E-state index contributed by atoms with van der Waals surface area (Å²) in [5.41, 5.74) is 4.31. The molecule has 2 aromatic rings. The molecule has 0 unspecified atom stereocenters. The standard InChI is InChI=1S/C18H26N2/c1-14(2)20-13-16(12-19-10-5-4-6-11-19)18-15(3)8-7-9-17(18)20/h7-9,13-14H,4-6,10-12H2,1-3H3. The molecule has 0 aliphatic carbocycles. The van der Waals surface area contributed by atoms with E-state index in [2.05, 4.69) is 54.6 Å². The Labute approximate surface area is 122 Å². The molecule has 1 aromatic heterocycles. The Balaban J connectivity index is 2.01. The van der Waals surface area contributed by atoms with E-state index in [0.717, 1.165) is 6.54 Å². The van der Waals surface area contributed by atoms with Crippen LogP contribution in [0.2, 0.25) is 0 Å². The summed E-state index contributed by atoms with van der Waals surface area (Å²) in [6.45, 7) is 10.4. The molecule has 2 nitrogen and oxygen atoms in total. The van der Waals surface area contributed by atoms with Crippen LogP contribution in [0.3, 0.4) is 0 Å². The molecule has 1 aromatic carbocycles. The van der Waals surface area contributed by atoms with Gasteiger partial charge in [-0.2, -0.15) is 0 Å². The van der Waals surface area contributed by atoms with Crippen molar-refractivity contribution in [2.24, 2.45) is 0 Å². The maximum absolute atomic E-state index is 2.62. The third-order valence-electron chi connectivity index (χ3n) is 4.54. The van der Waals surface area contributed by atoms with Gasteiger partial charge in [-0.05, 0) is 63.9 Å². The molecule has 1 fully saturated rings. The summed E-state index contributed by atoms with van der Waals surface area (Å²) in [7, 11) is 0. The fourth-order valence-corrected chi connectivity index (χ4v) is 3.49. The van der Waals surface area contributed by atoms with Crippen LogP contribution in [0, 0.1) is 6.92 Å².